The summed E-state index contributed by atoms with van der Waals surface area (Å²) in [6.07, 6.45) is 9.77. The van der Waals surface area contributed by atoms with Crippen LogP contribution >= 0.6 is 0 Å². The van der Waals surface area contributed by atoms with Gasteiger partial charge in [-0.1, -0.05) is 12.1 Å². The highest BCUT2D eigenvalue weighted by atomic mass is 16.3. The number of nitrogens with zero attached hydrogens (tertiary/aromatic N) is 6. The number of likely N-dealkylation sites (tertiary alicyclic amines) is 1. The number of amides is 1. The largest absolute Gasteiger partial charge is 0.391 e. The summed E-state index contributed by atoms with van der Waals surface area (Å²) < 4.78 is 3.75. The summed E-state index contributed by atoms with van der Waals surface area (Å²) in [5, 5.41) is 18.3. The Bertz CT molecular complexity index is 955. The molecule has 1 aliphatic carbocycles. The van der Waals surface area contributed by atoms with Crippen LogP contribution in [0.25, 0.3) is 5.69 Å². The van der Waals surface area contributed by atoms with Crippen molar-refractivity contribution in [2.24, 2.45) is 11.8 Å². The van der Waals surface area contributed by atoms with E-state index in [9.17, 15) is 9.90 Å². The van der Waals surface area contributed by atoms with Crippen LogP contribution in [0.1, 0.15) is 29.2 Å². The molecule has 4 atom stereocenters. The second-order valence-corrected chi connectivity index (χ2v) is 7.73. The first kappa shape index (κ1) is 17.1. The second-order valence-electron chi connectivity index (χ2n) is 7.73. The molecule has 8 heteroatoms. The van der Waals surface area contributed by atoms with Gasteiger partial charge in [-0.25, -0.2) is 4.98 Å². The zero-order chi connectivity index (χ0) is 19.1. The van der Waals surface area contributed by atoms with E-state index in [4.69, 9.17) is 0 Å². The molecule has 1 N–H and O–H groups in total. The zero-order valence-electron chi connectivity index (χ0n) is 15.4. The number of carbonyl (C=O) groups is 1. The van der Waals surface area contributed by atoms with E-state index < -0.39 is 6.10 Å². The van der Waals surface area contributed by atoms with Crippen molar-refractivity contribution in [1.29, 1.82) is 0 Å². The molecule has 5 rings (SSSR count). The van der Waals surface area contributed by atoms with Crippen LogP contribution in [0.3, 0.4) is 0 Å². The summed E-state index contributed by atoms with van der Waals surface area (Å²) >= 11 is 0. The summed E-state index contributed by atoms with van der Waals surface area (Å²) in [5.74, 6) is 0.745. The summed E-state index contributed by atoms with van der Waals surface area (Å²) in [4.78, 5) is 19.3. The molecule has 8 nitrogen and oxygen atoms in total. The average molecular weight is 378 g/mol. The topological polar surface area (TPSA) is 89.1 Å². The highest BCUT2D eigenvalue weighted by Gasteiger charge is 2.43. The van der Waals surface area contributed by atoms with Gasteiger partial charge in [0.2, 0.25) is 0 Å². The smallest absolute Gasteiger partial charge is 0.256 e. The third-order valence-corrected chi connectivity index (χ3v) is 6.14. The van der Waals surface area contributed by atoms with Gasteiger partial charge in [-0.3, -0.25) is 9.36 Å². The van der Waals surface area contributed by atoms with Crippen LogP contribution in [0.15, 0.2) is 55.6 Å². The minimum atomic E-state index is -0.408. The van der Waals surface area contributed by atoms with Crippen molar-refractivity contribution in [3.8, 4) is 5.69 Å². The van der Waals surface area contributed by atoms with Gasteiger partial charge in [-0.15, -0.1) is 10.2 Å². The molecule has 0 spiro atoms. The monoisotopic (exact) mass is 378 g/mol. The van der Waals surface area contributed by atoms with E-state index in [1.807, 2.05) is 39.9 Å². The Labute approximate surface area is 162 Å². The molecule has 2 fully saturated rings. The highest BCUT2D eigenvalue weighted by molar-refractivity contribution is 5.98. The molecule has 3 heterocycles. The number of rotatable bonds is 3. The summed E-state index contributed by atoms with van der Waals surface area (Å²) in [5.41, 5.74) is 1.43. The number of aliphatic hydroxyl groups is 1. The fourth-order valence-electron chi connectivity index (χ4n) is 4.73. The normalized spacial score (nSPS) is 27.0. The number of carbonyl (C=O) groups excluding carboxylic acids is 1. The Balaban J connectivity index is 1.36. The maximum absolute atomic E-state index is 13.3. The van der Waals surface area contributed by atoms with Crippen molar-refractivity contribution in [3.63, 3.8) is 0 Å². The summed E-state index contributed by atoms with van der Waals surface area (Å²) in [7, 11) is 0. The van der Waals surface area contributed by atoms with Crippen LogP contribution < -0.4 is 0 Å². The maximum Gasteiger partial charge on any atom is 0.256 e. The van der Waals surface area contributed by atoms with E-state index in [2.05, 4.69) is 15.2 Å². The molecule has 0 unspecified atom stereocenters. The lowest BCUT2D eigenvalue weighted by Gasteiger charge is -2.35. The van der Waals surface area contributed by atoms with E-state index in [0.717, 1.165) is 18.7 Å². The van der Waals surface area contributed by atoms with Crippen molar-refractivity contribution in [2.75, 3.05) is 13.1 Å². The number of para-hydroxylation sites is 1. The van der Waals surface area contributed by atoms with Crippen LogP contribution in [0.4, 0.5) is 0 Å². The van der Waals surface area contributed by atoms with Gasteiger partial charge < -0.3 is 14.6 Å². The number of fused-ring (bicyclic) bond motifs is 1. The van der Waals surface area contributed by atoms with Crippen molar-refractivity contribution in [2.45, 2.75) is 25.0 Å². The van der Waals surface area contributed by atoms with Crippen molar-refractivity contribution in [3.05, 3.63) is 61.2 Å². The molecule has 3 aromatic rings. The summed E-state index contributed by atoms with van der Waals surface area (Å²) in [6.45, 7) is 1.41. The Morgan fingerprint density at radius 2 is 1.79 bits per heavy atom. The van der Waals surface area contributed by atoms with E-state index in [0.29, 0.717) is 30.4 Å². The third kappa shape index (κ3) is 2.90. The first-order chi connectivity index (χ1) is 13.7. The molecule has 1 aromatic carbocycles. The Hall–Kier alpha value is -3.00. The number of aromatic nitrogens is 5. The van der Waals surface area contributed by atoms with Gasteiger partial charge in [-0.05, 0) is 36.8 Å². The lowest BCUT2D eigenvalue weighted by Crippen LogP contribution is -2.35. The first-order valence-corrected chi connectivity index (χ1v) is 9.59. The predicted octanol–water partition coefficient (Wildman–Crippen LogP) is 1.55. The van der Waals surface area contributed by atoms with E-state index >= 15 is 0 Å². The minimum Gasteiger partial charge on any atom is -0.391 e. The van der Waals surface area contributed by atoms with Crippen LogP contribution in [0, 0.1) is 11.8 Å². The molecule has 1 saturated heterocycles. The second kappa shape index (κ2) is 6.87. The number of imidazole rings is 1. The molecular weight excluding hydrogens is 356 g/mol. The molecular formula is C20H22N6O2. The first-order valence-electron chi connectivity index (χ1n) is 9.59. The summed E-state index contributed by atoms with van der Waals surface area (Å²) in [6, 6.07) is 7.56. The predicted molar refractivity (Wildman–Crippen MR) is 101 cm³/mol. The van der Waals surface area contributed by atoms with Crippen molar-refractivity contribution in [1.82, 2.24) is 29.2 Å². The van der Waals surface area contributed by atoms with E-state index in [1.54, 1.807) is 29.7 Å². The third-order valence-electron chi connectivity index (χ3n) is 6.14. The number of benzene rings is 1. The molecule has 1 aliphatic heterocycles. The van der Waals surface area contributed by atoms with Crippen LogP contribution in [0.5, 0.6) is 0 Å². The van der Waals surface area contributed by atoms with Crippen LogP contribution in [-0.4, -0.2) is 59.4 Å². The van der Waals surface area contributed by atoms with Crippen LogP contribution in [0.2, 0.25) is 0 Å². The fourth-order valence-corrected chi connectivity index (χ4v) is 4.73. The van der Waals surface area contributed by atoms with Gasteiger partial charge in [0.05, 0.1) is 29.7 Å². The molecule has 0 bridgehead atoms. The van der Waals surface area contributed by atoms with Gasteiger partial charge in [0.25, 0.3) is 5.91 Å². The molecule has 28 heavy (non-hydrogen) atoms. The number of aliphatic hydroxyl groups excluding tert-OH is 1. The van der Waals surface area contributed by atoms with Gasteiger partial charge in [0.1, 0.15) is 12.7 Å². The van der Waals surface area contributed by atoms with E-state index in [1.165, 1.54) is 0 Å². The SMILES string of the molecule is O=C(c1ccccc1-n1cnnc1)N1C[C@H]2C[C@@H](n3ccnc3)[C@H](O)C[C@H]2C1. The Morgan fingerprint density at radius 3 is 2.54 bits per heavy atom. The Kier molecular flexibility index (Phi) is 4.20. The average Bonchev–Trinajstić information content (AvgIpc) is 3.47. The van der Waals surface area contributed by atoms with Gasteiger partial charge in [0, 0.05) is 25.5 Å². The van der Waals surface area contributed by atoms with E-state index in [-0.39, 0.29) is 11.9 Å². The minimum absolute atomic E-state index is 0.0207. The standard InChI is InChI=1S/C20H22N6O2/c27-19-8-15-10-25(9-14(15)7-18(19)24-6-5-21-11-24)20(28)16-3-1-2-4-17(16)26-12-22-23-13-26/h1-6,11-15,18-19,27H,7-10H2/t14-,15+,18-,19-/m1/s1. The van der Waals surface area contributed by atoms with Gasteiger partial charge >= 0.3 is 0 Å². The lowest BCUT2D eigenvalue weighted by molar-refractivity contribution is 0.0357. The maximum atomic E-state index is 13.3. The number of hydrogen-bond acceptors (Lipinski definition) is 5. The lowest BCUT2D eigenvalue weighted by atomic mass is 9.77. The van der Waals surface area contributed by atoms with Crippen molar-refractivity contribution >= 4 is 5.91 Å². The molecule has 1 amide bonds. The van der Waals surface area contributed by atoms with Gasteiger partial charge in [-0.2, -0.15) is 0 Å². The zero-order valence-corrected chi connectivity index (χ0v) is 15.4. The highest BCUT2D eigenvalue weighted by Crippen LogP contribution is 2.41. The Morgan fingerprint density at radius 1 is 1.04 bits per heavy atom. The molecule has 1 saturated carbocycles. The quantitative estimate of drug-likeness (QED) is 0.747. The van der Waals surface area contributed by atoms with Crippen LogP contribution in [-0.2, 0) is 0 Å². The molecule has 2 aliphatic rings. The molecule has 144 valence electrons. The number of hydrogen-bond donors (Lipinski definition) is 1. The van der Waals surface area contributed by atoms with Crippen molar-refractivity contribution < 1.29 is 9.90 Å². The fraction of sp³-hybridized carbons (Fsp3) is 0.400. The molecule has 2 aromatic heterocycles. The van der Waals surface area contributed by atoms with Gasteiger partial charge in [0.15, 0.2) is 0 Å². The molecule has 0 radical (unpaired) electrons.